The van der Waals surface area contributed by atoms with Crippen LogP contribution in [0, 0.1) is 0 Å². The van der Waals surface area contributed by atoms with Crippen LogP contribution in [0.1, 0.15) is 0 Å². The number of allylic oxidation sites excluding steroid dienone is 1. The molecule has 0 fully saturated rings. The maximum absolute atomic E-state index is 2.31. The second-order valence-corrected chi connectivity index (χ2v) is 4.79. The molecule has 0 saturated carbocycles. The lowest BCUT2D eigenvalue weighted by Gasteiger charge is -2.08. The zero-order valence-corrected chi connectivity index (χ0v) is 14.1. The van der Waals surface area contributed by atoms with Gasteiger partial charge in [0.1, 0.15) is 14.1 Å². The molecule has 0 aliphatic rings. The highest BCUT2D eigenvalue weighted by molar-refractivity contribution is 14.1. The monoisotopic (exact) mass is 506 g/mol. The van der Waals surface area contributed by atoms with Crippen LogP contribution in [0.3, 0.4) is 0 Å². The molecule has 0 N–H and O–H groups in total. The summed E-state index contributed by atoms with van der Waals surface area (Å²) in [6, 6.07) is 0. The Morgan fingerprint density at radius 2 is 1.67 bits per heavy atom. The van der Waals surface area contributed by atoms with Crippen molar-refractivity contribution in [1.82, 2.24) is 4.90 Å². The van der Waals surface area contributed by atoms with E-state index in [2.05, 4.69) is 60.7 Å². The molecule has 12 heavy (non-hydrogen) atoms. The molecule has 0 rings (SSSR count). The zero-order valence-electron chi connectivity index (χ0n) is 7.61. The predicted octanol–water partition coefficient (Wildman–Crippen LogP) is -1.07. The fourth-order valence-electron chi connectivity index (χ4n) is 0.356. The number of hydrogen-bond donors (Lipinski definition) is 0. The SMILES string of the molecule is CN(C)/C(I)=C/C(I)=[N+](C)C.[I-]. The molecule has 0 radical (unpaired) electrons. The number of halogens is 3. The van der Waals surface area contributed by atoms with Gasteiger partial charge in [-0.05, 0) is 22.6 Å². The van der Waals surface area contributed by atoms with Gasteiger partial charge >= 0.3 is 0 Å². The van der Waals surface area contributed by atoms with E-state index in [-0.39, 0.29) is 24.0 Å². The predicted molar refractivity (Wildman–Crippen MR) is 66.9 cm³/mol. The van der Waals surface area contributed by atoms with Gasteiger partial charge in [-0.15, -0.1) is 0 Å². The van der Waals surface area contributed by atoms with Crippen molar-refractivity contribution in [2.75, 3.05) is 28.2 Å². The minimum absolute atomic E-state index is 0. The van der Waals surface area contributed by atoms with E-state index in [1.54, 1.807) is 0 Å². The summed E-state index contributed by atoms with van der Waals surface area (Å²) < 4.78 is 4.56. The minimum atomic E-state index is 0. The molecule has 0 saturated heterocycles. The van der Waals surface area contributed by atoms with E-state index < -0.39 is 0 Å². The normalized spacial score (nSPS) is 10.3. The standard InChI is InChI=1S/C7H13I2N2.HI/c1-10(2)6(8)5-7(9)11(3)4;/h5H,1-4H3;1H/q+1;/p-1. The number of hydrogen-bond acceptors (Lipinski definition) is 1. The Labute approximate surface area is 119 Å². The zero-order chi connectivity index (χ0) is 9.02. The van der Waals surface area contributed by atoms with Gasteiger partial charge in [0.15, 0.2) is 0 Å². The van der Waals surface area contributed by atoms with E-state index in [0.29, 0.717) is 0 Å². The largest absolute Gasteiger partial charge is 1.00 e. The van der Waals surface area contributed by atoms with E-state index in [4.69, 9.17) is 0 Å². The van der Waals surface area contributed by atoms with Crippen molar-refractivity contribution in [3.63, 3.8) is 0 Å². The molecule has 0 aromatic carbocycles. The summed E-state index contributed by atoms with van der Waals surface area (Å²) in [4.78, 5) is 2.09. The van der Waals surface area contributed by atoms with Gasteiger partial charge in [0, 0.05) is 42.8 Å². The van der Waals surface area contributed by atoms with E-state index in [1.165, 1.54) is 7.42 Å². The highest BCUT2D eigenvalue weighted by atomic mass is 127. The Morgan fingerprint density at radius 3 is 1.92 bits per heavy atom. The third-order valence-corrected chi connectivity index (χ3v) is 3.65. The summed E-state index contributed by atoms with van der Waals surface area (Å²) in [5.41, 5.74) is 0. The van der Waals surface area contributed by atoms with E-state index in [9.17, 15) is 0 Å². The molecule has 0 atom stereocenters. The van der Waals surface area contributed by atoms with Gasteiger partial charge in [-0.3, -0.25) is 0 Å². The van der Waals surface area contributed by atoms with E-state index in [1.807, 2.05) is 28.2 Å². The summed E-state index contributed by atoms with van der Waals surface area (Å²) in [6.07, 6.45) is 2.14. The molecule has 0 bridgehead atoms. The first-order valence-corrected chi connectivity index (χ1v) is 5.35. The van der Waals surface area contributed by atoms with Crippen LogP contribution in [0.25, 0.3) is 0 Å². The van der Waals surface area contributed by atoms with Crippen LogP contribution < -0.4 is 24.0 Å². The van der Waals surface area contributed by atoms with Crippen LogP contribution >= 0.6 is 45.2 Å². The van der Waals surface area contributed by atoms with Crippen LogP contribution in [0.2, 0.25) is 0 Å². The average Bonchev–Trinajstić information content (AvgIpc) is 1.87. The van der Waals surface area contributed by atoms with Crippen LogP contribution in [0.4, 0.5) is 0 Å². The fraction of sp³-hybridized carbons (Fsp3) is 0.571. The molecule has 0 aliphatic carbocycles. The summed E-state index contributed by atoms with van der Waals surface area (Å²) in [6.45, 7) is 0. The second kappa shape index (κ2) is 7.77. The molecule has 0 aromatic heterocycles. The van der Waals surface area contributed by atoms with Crippen LogP contribution in [-0.4, -0.2) is 41.4 Å². The van der Waals surface area contributed by atoms with Crippen molar-refractivity contribution < 1.29 is 28.6 Å². The average molecular weight is 506 g/mol. The summed E-state index contributed by atoms with van der Waals surface area (Å²) in [7, 11) is 8.16. The lowest BCUT2D eigenvalue weighted by molar-refractivity contribution is -0.459. The molecule has 0 aromatic rings. The van der Waals surface area contributed by atoms with Crippen molar-refractivity contribution in [2.45, 2.75) is 0 Å². The Morgan fingerprint density at radius 1 is 1.25 bits per heavy atom. The molecular formula is C7H13I3N2. The van der Waals surface area contributed by atoms with Gasteiger partial charge in [-0.1, -0.05) is 0 Å². The van der Waals surface area contributed by atoms with Gasteiger partial charge in [0.05, 0.1) is 3.70 Å². The van der Waals surface area contributed by atoms with Gasteiger partial charge < -0.3 is 28.9 Å². The Bertz CT molecular complexity index is 193. The van der Waals surface area contributed by atoms with Crippen LogP contribution in [-0.2, 0) is 0 Å². The quantitative estimate of drug-likeness (QED) is 0.201. The van der Waals surface area contributed by atoms with Crippen molar-refractivity contribution >= 4 is 48.9 Å². The molecule has 0 heterocycles. The van der Waals surface area contributed by atoms with Gasteiger partial charge in [-0.2, -0.15) is 0 Å². The molecular weight excluding hydrogens is 493 g/mol. The molecule has 0 unspecified atom stereocenters. The minimum Gasteiger partial charge on any atom is -1.00 e. The molecule has 0 spiro atoms. The van der Waals surface area contributed by atoms with Crippen molar-refractivity contribution in [3.05, 3.63) is 9.78 Å². The summed E-state index contributed by atoms with van der Waals surface area (Å²) in [5.74, 6) is 0. The van der Waals surface area contributed by atoms with Gasteiger partial charge in [-0.25, -0.2) is 4.58 Å². The Kier molecular flexibility index (Phi) is 10.3. The van der Waals surface area contributed by atoms with Crippen LogP contribution in [0.15, 0.2) is 9.78 Å². The third-order valence-electron chi connectivity index (χ3n) is 1.09. The molecule has 72 valence electrons. The van der Waals surface area contributed by atoms with Crippen molar-refractivity contribution in [2.24, 2.45) is 0 Å². The highest BCUT2D eigenvalue weighted by Crippen LogP contribution is 2.09. The van der Waals surface area contributed by atoms with Crippen molar-refractivity contribution in [3.8, 4) is 0 Å². The van der Waals surface area contributed by atoms with E-state index >= 15 is 0 Å². The first kappa shape index (κ1) is 15.9. The highest BCUT2D eigenvalue weighted by Gasteiger charge is 2.00. The lowest BCUT2D eigenvalue weighted by atomic mass is 10.6. The first-order valence-electron chi connectivity index (χ1n) is 3.19. The van der Waals surface area contributed by atoms with Crippen LogP contribution in [0.5, 0.6) is 0 Å². The third kappa shape index (κ3) is 6.87. The molecule has 5 heteroatoms. The first-order chi connectivity index (χ1) is 4.95. The maximum Gasteiger partial charge on any atom is 0.238 e. The van der Waals surface area contributed by atoms with Crippen molar-refractivity contribution in [1.29, 1.82) is 0 Å². The Balaban J connectivity index is 0. The van der Waals surface area contributed by atoms with Gasteiger partial charge in [0.2, 0.25) is 3.72 Å². The summed E-state index contributed by atoms with van der Waals surface area (Å²) in [5, 5.41) is 0. The number of rotatable bonds is 2. The van der Waals surface area contributed by atoms with Gasteiger partial charge in [0.25, 0.3) is 0 Å². The molecule has 0 aliphatic heterocycles. The fourth-order valence-corrected chi connectivity index (χ4v) is 1.54. The number of nitrogens with zero attached hydrogens (tertiary/aromatic N) is 2. The smallest absolute Gasteiger partial charge is 0.238 e. The summed E-state index contributed by atoms with van der Waals surface area (Å²) >= 11 is 4.63. The Hall–Kier alpha value is 1.40. The molecule has 2 nitrogen and oxygen atoms in total. The lowest BCUT2D eigenvalue weighted by Crippen LogP contribution is -3.00. The molecule has 0 amide bonds. The maximum atomic E-state index is 2.31. The second-order valence-electron chi connectivity index (χ2n) is 2.58. The topological polar surface area (TPSA) is 6.25 Å². The van der Waals surface area contributed by atoms with E-state index in [0.717, 1.165) is 0 Å².